The summed E-state index contributed by atoms with van der Waals surface area (Å²) in [6, 6.07) is 10.9. The van der Waals surface area contributed by atoms with Crippen LogP contribution in [-0.2, 0) is 0 Å². The molecule has 0 aliphatic rings. The van der Waals surface area contributed by atoms with E-state index in [1.54, 1.807) is 20.1 Å². The van der Waals surface area contributed by atoms with Gasteiger partial charge in [-0.1, -0.05) is 22.9 Å². The van der Waals surface area contributed by atoms with Crippen LogP contribution in [0.4, 0.5) is 11.5 Å². The van der Waals surface area contributed by atoms with E-state index >= 15 is 0 Å². The number of ether oxygens (including phenoxy) is 1. The highest BCUT2D eigenvalue weighted by molar-refractivity contribution is 7.20. The predicted molar refractivity (Wildman–Crippen MR) is 114 cm³/mol. The number of nitro benzene ring substituents is 1. The number of fused-ring (bicyclic) bond motifs is 1. The molecule has 0 bridgehead atoms. The van der Waals surface area contributed by atoms with Crippen LogP contribution >= 0.6 is 22.9 Å². The van der Waals surface area contributed by atoms with Crippen molar-refractivity contribution in [2.45, 2.75) is 6.92 Å². The first-order chi connectivity index (χ1) is 14.4. The molecule has 0 unspecified atom stereocenters. The van der Waals surface area contributed by atoms with Crippen molar-refractivity contribution in [1.82, 2.24) is 14.8 Å². The molecule has 1 N–H and O–H groups in total. The number of benzene rings is 2. The fraction of sp³-hybridized carbons (Fsp3) is 0.105. The number of carbonyl (C=O) groups excluding carboxylic acids is 1. The van der Waals surface area contributed by atoms with Crippen LogP contribution in [0.3, 0.4) is 0 Å². The lowest BCUT2D eigenvalue weighted by Gasteiger charge is -2.07. The largest absolute Gasteiger partial charge is 0.497 e. The van der Waals surface area contributed by atoms with Gasteiger partial charge in [0.25, 0.3) is 11.6 Å². The highest BCUT2D eigenvalue weighted by Gasteiger charge is 2.19. The van der Waals surface area contributed by atoms with E-state index in [1.807, 2.05) is 18.2 Å². The summed E-state index contributed by atoms with van der Waals surface area (Å²) < 4.78 is 7.65. The van der Waals surface area contributed by atoms with Gasteiger partial charge in [0.05, 0.1) is 38.5 Å². The van der Waals surface area contributed by atoms with E-state index in [1.165, 1.54) is 28.2 Å². The molecular weight excluding hydrogens is 430 g/mol. The van der Waals surface area contributed by atoms with Crippen LogP contribution in [0.5, 0.6) is 5.75 Å². The third-order valence-electron chi connectivity index (χ3n) is 4.24. The molecule has 11 heteroatoms. The van der Waals surface area contributed by atoms with E-state index in [-0.39, 0.29) is 16.3 Å². The number of anilines is 1. The molecule has 0 fully saturated rings. The number of nitrogens with one attached hydrogen (secondary N) is 1. The number of nitro groups is 1. The molecule has 0 atom stereocenters. The summed E-state index contributed by atoms with van der Waals surface area (Å²) in [6.07, 6.45) is 0. The molecule has 0 spiro atoms. The summed E-state index contributed by atoms with van der Waals surface area (Å²) in [7, 11) is 1.59. The molecular formula is C19H14ClN5O4S. The van der Waals surface area contributed by atoms with E-state index in [9.17, 15) is 14.9 Å². The van der Waals surface area contributed by atoms with Gasteiger partial charge in [-0.25, -0.2) is 4.98 Å². The summed E-state index contributed by atoms with van der Waals surface area (Å²) in [4.78, 5) is 27.8. The van der Waals surface area contributed by atoms with E-state index in [4.69, 9.17) is 16.3 Å². The maximum Gasteiger partial charge on any atom is 0.270 e. The number of methoxy groups -OCH3 is 1. The Balaban J connectivity index is 1.70. The predicted octanol–water partition coefficient (Wildman–Crippen LogP) is 4.61. The highest BCUT2D eigenvalue weighted by Crippen LogP contribution is 2.30. The molecule has 9 nitrogen and oxygen atoms in total. The first-order valence-electron chi connectivity index (χ1n) is 8.62. The minimum absolute atomic E-state index is 0.00898. The third-order valence-corrected chi connectivity index (χ3v) is 5.57. The summed E-state index contributed by atoms with van der Waals surface area (Å²) in [6.45, 7) is 1.78. The smallest absolute Gasteiger partial charge is 0.270 e. The van der Waals surface area contributed by atoms with Crippen LogP contribution in [0.2, 0.25) is 5.02 Å². The number of aromatic nitrogens is 3. The number of aryl methyl sites for hydroxylation is 1. The molecule has 0 radical (unpaired) electrons. The Morgan fingerprint density at radius 3 is 2.80 bits per heavy atom. The van der Waals surface area contributed by atoms with Crippen molar-refractivity contribution in [2.75, 3.05) is 12.4 Å². The lowest BCUT2D eigenvalue weighted by atomic mass is 10.2. The minimum atomic E-state index is -0.590. The van der Waals surface area contributed by atoms with Gasteiger partial charge in [0, 0.05) is 18.2 Å². The van der Waals surface area contributed by atoms with Gasteiger partial charge >= 0.3 is 0 Å². The summed E-state index contributed by atoms with van der Waals surface area (Å²) in [5.74, 6) is 0.488. The number of nitrogens with zero attached hydrogens (tertiary/aromatic N) is 4. The third kappa shape index (κ3) is 3.70. The lowest BCUT2D eigenvalue weighted by molar-refractivity contribution is -0.384. The van der Waals surface area contributed by atoms with E-state index in [0.717, 1.165) is 16.3 Å². The van der Waals surface area contributed by atoms with Crippen molar-refractivity contribution >= 4 is 50.6 Å². The van der Waals surface area contributed by atoms with Crippen LogP contribution in [0.1, 0.15) is 16.1 Å². The Morgan fingerprint density at radius 2 is 2.07 bits per heavy atom. The molecule has 4 rings (SSSR count). The van der Waals surface area contributed by atoms with Gasteiger partial charge in [-0.15, -0.1) is 0 Å². The lowest BCUT2D eigenvalue weighted by Crippen LogP contribution is -2.15. The maximum absolute atomic E-state index is 12.8. The fourth-order valence-corrected chi connectivity index (χ4v) is 3.99. The van der Waals surface area contributed by atoms with Crippen molar-refractivity contribution in [3.63, 3.8) is 0 Å². The number of thiazole rings is 1. The Bertz CT molecular complexity index is 1300. The Kier molecular flexibility index (Phi) is 5.10. The van der Waals surface area contributed by atoms with Crippen molar-refractivity contribution in [2.24, 2.45) is 0 Å². The number of hydrogen-bond acceptors (Lipinski definition) is 7. The first kappa shape index (κ1) is 19.8. The molecule has 2 aromatic carbocycles. The van der Waals surface area contributed by atoms with Crippen molar-refractivity contribution in [3.8, 4) is 10.9 Å². The zero-order valence-electron chi connectivity index (χ0n) is 15.7. The maximum atomic E-state index is 12.8. The monoisotopic (exact) mass is 443 g/mol. The van der Waals surface area contributed by atoms with Gasteiger partial charge in [-0.05, 0) is 31.2 Å². The van der Waals surface area contributed by atoms with Crippen LogP contribution in [-0.4, -0.2) is 32.7 Å². The molecule has 0 saturated carbocycles. The topological polar surface area (TPSA) is 112 Å². The Hall–Kier alpha value is -3.50. The second kappa shape index (κ2) is 7.73. The van der Waals surface area contributed by atoms with Gasteiger partial charge in [-0.2, -0.15) is 9.78 Å². The van der Waals surface area contributed by atoms with Crippen molar-refractivity contribution < 1.29 is 14.5 Å². The van der Waals surface area contributed by atoms with Gasteiger partial charge in [0.2, 0.25) is 5.13 Å². The number of carbonyl (C=O) groups is 1. The van der Waals surface area contributed by atoms with Crippen LogP contribution < -0.4 is 10.1 Å². The van der Waals surface area contributed by atoms with Crippen molar-refractivity contribution in [3.05, 3.63) is 68.9 Å². The fourth-order valence-electron chi connectivity index (χ4n) is 2.83. The Morgan fingerprint density at radius 1 is 1.27 bits per heavy atom. The van der Waals surface area contributed by atoms with E-state index < -0.39 is 10.8 Å². The van der Waals surface area contributed by atoms with E-state index in [0.29, 0.717) is 22.4 Å². The van der Waals surface area contributed by atoms with Crippen molar-refractivity contribution in [1.29, 1.82) is 0 Å². The molecule has 2 heterocycles. The summed E-state index contributed by atoms with van der Waals surface area (Å²) >= 11 is 7.46. The van der Waals surface area contributed by atoms with Crippen LogP contribution in [0.25, 0.3) is 15.3 Å². The number of halogens is 1. The second-order valence-electron chi connectivity index (χ2n) is 6.29. The number of rotatable bonds is 5. The SMILES string of the molecule is COc1ccc2nc(-n3nc(C)cc3NC(=O)c3cc([N+](=O)[O-])ccc3Cl)sc2c1. The van der Waals surface area contributed by atoms with Gasteiger partial charge in [0.1, 0.15) is 11.6 Å². The average molecular weight is 444 g/mol. The van der Waals surface area contributed by atoms with Crippen LogP contribution in [0.15, 0.2) is 42.5 Å². The minimum Gasteiger partial charge on any atom is -0.497 e. The molecule has 0 aliphatic carbocycles. The molecule has 0 saturated heterocycles. The van der Waals surface area contributed by atoms with E-state index in [2.05, 4.69) is 15.4 Å². The van der Waals surface area contributed by atoms with Gasteiger partial charge in [0.15, 0.2) is 0 Å². The average Bonchev–Trinajstić information content (AvgIpc) is 3.30. The van der Waals surface area contributed by atoms with Crippen LogP contribution in [0, 0.1) is 17.0 Å². The highest BCUT2D eigenvalue weighted by atomic mass is 35.5. The summed E-state index contributed by atoms with van der Waals surface area (Å²) in [5, 5.41) is 18.8. The zero-order chi connectivity index (χ0) is 21.4. The zero-order valence-corrected chi connectivity index (χ0v) is 17.3. The second-order valence-corrected chi connectivity index (χ2v) is 7.70. The standard InChI is InChI=1S/C19H14ClN5O4S/c1-10-7-17(22-18(26)13-8-11(25(27)28)3-5-14(13)20)24(23-10)19-21-15-6-4-12(29-2)9-16(15)30-19/h3-9H,1-2H3,(H,22,26). The number of amides is 1. The van der Waals surface area contributed by atoms with Gasteiger partial charge in [-0.3, -0.25) is 14.9 Å². The molecule has 4 aromatic rings. The number of non-ortho nitro benzene ring substituents is 1. The molecule has 1 amide bonds. The number of hydrogen-bond donors (Lipinski definition) is 1. The molecule has 30 heavy (non-hydrogen) atoms. The molecule has 152 valence electrons. The summed E-state index contributed by atoms with van der Waals surface area (Å²) in [5.41, 5.74) is 1.19. The molecule has 0 aliphatic heterocycles. The quantitative estimate of drug-likeness (QED) is 0.356. The van der Waals surface area contributed by atoms with Gasteiger partial charge < -0.3 is 10.1 Å². The first-order valence-corrected chi connectivity index (χ1v) is 9.82. The normalized spacial score (nSPS) is 10.9. The Labute approximate surface area is 179 Å². The molecule has 2 aromatic heterocycles.